The Morgan fingerprint density at radius 2 is 1.76 bits per heavy atom. The van der Waals surface area contributed by atoms with Crippen molar-refractivity contribution in [1.82, 2.24) is 19.1 Å². The van der Waals surface area contributed by atoms with Crippen molar-refractivity contribution in [3.05, 3.63) is 86.2 Å². The number of rotatable bonds is 10. The summed E-state index contributed by atoms with van der Waals surface area (Å²) in [5.41, 5.74) is -1.42. The van der Waals surface area contributed by atoms with Crippen molar-refractivity contribution in [2.45, 2.75) is 77.4 Å². The summed E-state index contributed by atoms with van der Waals surface area (Å²) in [4.78, 5) is 96.0. The number of phosphoric acid groups is 1. The van der Waals surface area contributed by atoms with Crippen LogP contribution in [0.1, 0.15) is 57.0 Å². The lowest BCUT2D eigenvalue weighted by Crippen LogP contribution is -2.46. The average molecular weight is 780 g/mol. The Morgan fingerprint density at radius 3 is 2.45 bits per heavy atom. The molecule has 0 radical (unpaired) electrons. The highest BCUT2D eigenvalue weighted by molar-refractivity contribution is 7.47. The molecule has 1 amide bonds. The summed E-state index contributed by atoms with van der Waals surface area (Å²) in [6, 6.07) is 12.1. The van der Waals surface area contributed by atoms with Crippen LogP contribution in [0.25, 0.3) is 22.3 Å². The highest BCUT2D eigenvalue weighted by atomic mass is 31.2. The predicted molar refractivity (Wildman–Crippen MR) is 187 cm³/mol. The number of fused-ring (bicyclic) bond motifs is 5. The molecule has 1 saturated heterocycles. The van der Waals surface area contributed by atoms with E-state index < -0.39 is 86.2 Å². The molecule has 1 unspecified atom stereocenters. The molecule has 4 aromatic rings. The molecule has 3 aliphatic heterocycles. The van der Waals surface area contributed by atoms with Crippen molar-refractivity contribution >= 4 is 48.4 Å². The molecule has 2 N–H and O–H groups in total. The molecule has 55 heavy (non-hydrogen) atoms. The van der Waals surface area contributed by atoms with E-state index in [-0.39, 0.29) is 29.9 Å². The van der Waals surface area contributed by atoms with Crippen LogP contribution in [0.3, 0.4) is 0 Å². The number of anilines is 1. The quantitative estimate of drug-likeness (QED) is 0.117. The second kappa shape index (κ2) is 14.2. The molecular weight excluding hydrogens is 745 g/mol. The maximum absolute atomic E-state index is 13.9. The Morgan fingerprint density at radius 1 is 1.04 bits per heavy atom. The zero-order chi connectivity index (χ0) is 39.4. The summed E-state index contributed by atoms with van der Waals surface area (Å²) < 4.78 is 49.3. The normalized spacial score (nSPS) is 23.5. The van der Waals surface area contributed by atoms with Crippen molar-refractivity contribution in [2.75, 3.05) is 11.9 Å². The molecule has 20 heteroatoms. The number of benzene rings is 1. The van der Waals surface area contributed by atoms with Gasteiger partial charge in [-0.3, -0.25) is 32.8 Å². The van der Waals surface area contributed by atoms with Crippen LogP contribution in [0.5, 0.6) is 0 Å². The lowest BCUT2D eigenvalue weighted by Gasteiger charge is -2.36. The molecule has 0 spiro atoms. The van der Waals surface area contributed by atoms with E-state index in [0.29, 0.717) is 16.9 Å². The van der Waals surface area contributed by atoms with Gasteiger partial charge in [-0.2, -0.15) is 4.98 Å². The number of phosphoric ester groups is 1. The number of nitrogens with zero attached hydrogens (tertiary/aromatic N) is 4. The van der Waals surface area contributed by atoms with Gasteiger partial charge < -0.3 is 33.7 Å². The lowest BCUT2D eigenvalue weighted by molar-refractivity contribution is -0.171. The van der Waals surface area contributed by atoms with Gasteiger partial charge in [-0.25, -0.2) is 19.1 Å². The van der Waals surface area contributed by atoms with Crippen LogP contribution in [-0.2, 0) is 70.5 Å². The van der Waals surface area contributed by atoms with Gasteiger partial charge in [-0.15, -0.1) is 0 Å². The van der Waals surface area contributed by atoms with Crippen LogP contribution in [0.15, 0.2) is 58.3 Å². The third-order valence-electron chi connectivity index (χ3n) is 9.36. The summed E-state index contributed by atoms with van der Waals surface area (Å²) in [6.07, 6.45) is -5.06. The summed E-state index contributed by atoms with van der Waals surface area (Å²) in [7, 11) is -5.33. The van der Waals surface area contributed by atoms with Crippen LogP contribution in [-0.4, -0.2) is 72.7 Å². The minimum Gasteiger partial charge on any atom is -0.458 e. The number of carbonyl (C=O) groups is 4. The number of cyclic esters (lactones) is 1. The third kappa shape index (κ3) is 6.96. The molecule has 3 aromatic heterocycles. The Balaban J connectivity index is 1.19. The molecule has 0 aliphatic carbocycles. The number of amides is 1. The fourth-order valence-electron chi connectivity index (χ4n) is 7.03. The van der Waals surface area contributed by atoms with E-state index in [1.54, 1.807) is 0 Å². The zero-order valence-electron chi connectivity index (χ0n) is 29.7. The Labute approximate surface area is 310 Å². The van der Waals surface area contributed by atoms with Gasteiger partial charge in [0, 0.05) is 43.5 Å². The Kier molecular flexibility index (Phi) is 9.77. The number of ether oxygens (including phenoxy) is 4. The zero-order valence-corrected chi connectivity index (χ0v) is 30.6. The third-order valence-corrected chi connectivity index (χ3v) is 10.4. The number of pyridine rings is 2. The number of nitrogens with one attached hydrogen (secondary N) is 1. The molecule has 0 bridgehead atoms. The van der Waals surface area contributed by atoms with E-state index in [2.05, 4.69) is 10.3 Å². The number of aromatic nitrogens is 4. The molecule has 19 nitrogen and oxygen atoms in total. The fraction of sp³-hybridized carbons (Fsp3) is 0.371. The number of hydrogen-bond donors (Lipinski definition) is 2. The summed E-state index contributed by atoms with van der Waals surface area (Å²) in [5, 5.41) is 3.22. The molecule has 6 atom stereocenters. The maximum Gasteiger partial charge on any atom is 0.473 e. The fourth-order valence-corrected chi connectivity index (χ4v) is 8.11. The van der Waals surface area contributed by atoms with Crippen LogP contribution in [0, 0.1) is 0 Å². The number of para-hydroxylation sites is 1. The van der Waals surface area contributed by atoms with Crippen LogP contribution < -0.4 is 16.6 Å². The molecule has 1 aromatic carbocycles. The van der Waals surface area contributed by atoms with Crippen LogP contribution in [0.4, 0.5) is 5.82 Å². The lowest BCUT2D eigenvalue weighted by atomic mass is 9.86. The van der Waals surface area contributed by atoms with Crippen molar-refractivity contribution < 1.29 is 56.6 Å². The van der Waals surface area contributed by atoms with Crippen molar-refractivity contribution in [3.8, 4) is 11.4 Å². The number of carbonyl (C=O) groups excluding carboxylic acids is 4. The summed E-state index contributed by atoms with van der Waals surface area (Å²) in [5.74, 6) is -3.34. The van der Waals surface area contributed by atoms with Crippen molar-refractivity contribution in [2.24, 2.45) is 0 Å². The first-order valence-electron chi connectivity index (χ1n) is 17.0. The molecule has 7 rings (SSSR count). The maximum atomic E-state index is 13.9. The Bertz CT molecular complexity index is 2450. The van der Waals surface area contributed by atoms with Gasteiger partial charge >= 0.3 is 31.4 Å². The molecule has 3 aliphatic rings. The molecule has 0 saturated carbocycles. The van der Waals surface area contributed by atoms with Gasteiger partial charge in [-0.05, 0) is 30.7 Å². The topological polar surface area (TPSA) is 243 Å². The number of esters is 3. The highest BCUT2D eigenvalue weighted by Gasteiger charge is 2.55. The Hall–Kier alpha value is -5.59. The minimum atomic E-state index is -5.33. The van der Waals surface area contributed by atoms with Crippen molar-refractivity contribution in [1.29, 1.82) is 0 Å². The van der Waals surface area contributed by atoms with Crippen LogP contribution >= 0.6 is 7.82 Å². The monoisotopic (exact) mass is 779 g/mol. The van der Waals surface area contributed by atoms with E-state index in [9.17, 15) is 38.2 Å². The SMILES string of the molecule is CC[C@@]1(OP(=O)(O)OC[C@H]2O[C@@H](n3ccc(NC(C)=O)nc3=O)[C@H](OC(C)=O)[C@@H]2OC(C)=O)C(=O)OCc2c1cc1n(c2=O)Cc2cc3ccccc3nc2-1. The average Bonchev–Trinajstić information content (AvgIpc) is 3.64. The van der Waals surface area contributed by atoms with E-state index in [4.69, 9.17) is 33.0 Å². The first-order valence-corrected chi connectivity index (χ1v) is 18.5. The minimum absolute atomic E-state index is 0.00246. The largest absolute Gasteiger partial charge is 0.473 e. The van der Waals surface area contributed by atoms with Crippen LogP contribution in [0.2, 0.25) is 0 Å². The van der Waals surface area contributed by atoms with E-state index in [0.717, 1.165) is 29.4 Å². The first kappa shape index (κ1) is 37.7. The molecule has 6 heterocycles. The van der Waals surface area contributed by atoms with Gasteiger partial charge in [0.2, 0.25) is 11.5 Å². The molecular formula is C35H34N5O14P. The van der Waals surface area contributed by atoms with Gasteiger partial charge in [0.1, 0.15) is 18.5 Å². The highest BCUT2D eigenvalue weighted by Crippen LogP contribution is 2.54. The summed E-state index contributed by atoms with van der Waals surface area (Å²) in [6.45, 7) is 3.74. The second-order valence-electron chi connectivity index (χ2n) is 13.0. The standard InChI is InChI=1S/C35H34N5O14P/c1-5-35(23-13-25-28-21(12-20-8-6-7-9-24(20)37-28)14-40(25)31(44)22(23)15-49-33(35)45)54-55(47,48)50-16-26-29(51-18(3)42)30(52-19(4)43)32(53-26)39-11-10-27(36-17(2)41)38-34(39)46/h6-13,26,29-30,32H,5,14-16H2,1-4H3,(H,47,48)(H,36,38,41,46)/t26-,29-,30-,32-,35+/m1/s1. The predicted octanol–water partition coefficient (Wildman–Crippen LogP) is 2.20. The first-order chi connectivity index (χ1) is 26.1. The van der Waals surface area contributed by atoms with Crippen molar-refractivity contribution in [3.63, 3.8) is 0 Å². The smallest absolute Gasteiger partial charge is 0.458 e. The molecule has 288 valence electrons. The second-order valence-corrected chi connectivity index (χ2v) is 14.4. The van der Waals surface area contributed by atoms with Gasteiger partial charge in [0.25, 0.3) is 5.56 Å². The van der Waals surface area contributed by atoms with E-state index >= 15 is 0 Å². The van der Waals surface area contributed by atoms with Gasteiger partial charge in [0.05, 0.1) is 35.6 Å². The van der Waals surface area contributed by atoms with E-state index in [1.165, 1.54) is 36.7 Å². The molecule has 1 fully saturated rings. The van der Waals surface area contributed by atoms with E-state index in [1.807, 2.05) is 30.3 Å². The van der Waals surface area contributed by atoms with Gasteiger partial charge in [-0.1, -0.05) is 25.1 Å². The summed E-state index contributed by atoms with van der Waals surface area (Å²) >= 11 is 0. The van der Waals surface area contributed by atoms with Gasteiger partial charge in [0.15, 0.2) is 18.4 Å². The number of hydrogen-bond acceptors (Lipinski definition) is 15.